The quantitative estimate of drug-likeness (QED) is 0.585. The van der Waals surface area contributed by atoms with Gasteiger partial charge in [-0.3, -0.25) is 9.59 Å². The van der Waals surface area contributed by atoms with E-state index in [9.17, 15) is 9.59 Å². The summed E-state index contributed by atoms with van der Waals surface area (Å²) in [6.07, 6.45) is 0.472. The third-order valence-electron chi connectivity index (χ3n) is 7.07. The lowest BCUT2D eigenvalue weighted by molar-refractivity contribution is 0.0631. The monoisotopic (exact) mass is 394 g/mol. The Hall–Kier alpha value is -3.40. The molecule has 1 atom stereocenters. The molecule has 0 bridgehead atoms. The number of rotatable bonds is 1. The van der Waals surface area contributed by atoms with Crippen LogP contribution in [0.5, 0.6) is 0 Å². The Kier molecular flexibility index (Phi) is 3.66. The first-order valence-corrected chi connectivity index (χ1v) is 10.5. The van der Waals surface area contributed by atoms with E-state index in [0.717, 1.165) is 30.0 Å². The summed E-state index contributed by atoms with van der Waals surface area (Å²) in [6, 6.07) is 25.7. The predicted octanol–water partition coefficient (Wildman–Crippen LogP) is 4.00. The van der Waals surface area contributed by atoms with Crippen LogP contribution in [-0.2, 0) is 6.42 Å². The summed E-state index contributed by atoms with van der Waals surface area (Å²) in [7, 11) is 0. The summed E-state index contributed by atoms with van der Waals surface area (Å²) in [4.78, 5) is 32.3. The average molecular weight is 394 g/mol. The largest absolute Gasteiger partial charge is 0.368 e. The molecule has 2 aliphatic heterocycles. The van der Waals surface area contributed by atoms with Gasteiger partial charge in [-0.25, -0.2) is 0 Å². The summed E-state index contributed by atoms with van der Waals surface area (Å²) in [5, 5.41) is 0. The Morgan fingerprint density at radius 2 is 1.37 bits per heavy atom. The molecule has 4 heteroatoms. The van der Waals surface area contributed by atoms with Crippen LogP contribution in [0.2, 0.25) is 0 Å². The number of ketones is 2. The molecule has 1 fully saturated rings. The van der Waals surface area contributed by atoms with Crippen LogP contribution in [0.1, 0.15) is 26.3 Å². The minimum absolute atomic E-state index is 0.0116. The van der Waals surface area contributed by atoms with E-state index < -0.39 is 5.41 Å². The van der Waals surface area contributed by atoms with Crippen LogP contribution < -0.4 is 9.80 Å². The van der Waals surface area contributed by atoms with Gasteiger partial charge in [0.1, 0.15) is 5.41 Å². The zero-order valence-corrected chi connectivity index (χ0v) is 16.6. The summed E-state index contributed by atoms with van der Waals surface area (Å²) in [6.45, 7) is 2.30. The molecule has 2 heterocycles. The zero-order valence-electron chi connectivity index (χ0n) is 16.6. The van der Waals surface area contributed by atoms with Crippen molar-refractivity contribution in [3.8, 4) is 0 Å². The molecule has 0 saturated carbocycles. The number of para-hydroxylation sites is 2. The van der Waals surface area contributed by atoms with Gasteiger partial charge < -0.3 is 9.80 Å². The van der Waals surface area contributed by atoms with Gasteiger partial charge in [0.05, 0.1) is 6.04 Å². The smallest absolute Gasteiger partial charge is 0.180 e. The summed E-state index contributed by atoms with van der Waals surface area (Å²) >= 11 is 0. The molecule has 0 aromatic heterocycles. The van der Waals surface area contributed by atoms with Crippen molar-refractivity contribution in [1.29, 1.82) is 0 Å². The van der Waals surface area contributed by atoms with Crippen molar-refractivity contribution in [1.82, 2.24) is 0 Å². The lowest BCUT2D eigenvalue weighted by atomic mass is 9.67. The molecule has 1 spiro atoms. The fraction of sp³-hybridized carbons (Fsp3) is 0.231. The standard InChI is InChI=1S/C26H22N2O2/c29-24-20-11-5-6-12-21(20)25(30)26(24)16-18-8-4-7-13-22(18)28-15-14-27(17-23(26)28)19-9-2-1-3-10-19/h1-13,23H,14-17H2/t23-/m1/s1. The van der Waals surface area contributed by atoms with Gasteiger partial charge >= 0.3 is 0 Å². The van der Waals surface area contributed by atoms with Crippen molar-refractivity contribution in [3.05, 3.63) is 95.6 Å². The molecule has 0 unspecified atom stereocenters. The van der Waals surface area contributed by atoms with Crippen molar-refractivity contribution < 1.29 is 9.59 Å². The second kappa shape index (κ2) is 6.30. The van der Waals surface area contributed by atoms with Crippen LogP contribution in [0.4, 0.5) is 11.4 Å². The minimum Gasteiger partial charge on any atom is -0.368 e. The van der Waals surface area contributed by atoms with Crippen LogP contribution in [-0.4, -0.2) is 37.2 Å². The van der Waals surface area contributed by atoms with Crippen molar-refractivity contribution in [2.24, 2.45) is 5.41 Å². The first-order valence-electron chi connectivity index (χ1n) is 10.5. The van der Waals surface area contributed by atoms with Crippen molar-refractivity contribution in [3.63, 3.8) is 0 Å². The third kappa shape index (κ3) is 2.22. The van der Waals surface area contributed by atoms with Crippen LogP contribution in [0, 0.1) is 5.41 Å². The average Bonchev–Trinajstić information content (AvgIpc) is 3.02. The van der Waals surface area contributed by atoms with Crippen molar-refractivity contribution in [2.75, 3.05) is 29.4 Å². The zero-order chi connectivity index (χ0) is 20.3. The highest BCUT2D eigenvalue weighted by Gasteiger charge is 2.61. The summed E-state index contributed by atoms with van der Waals surface area (Å²) in [5.41, 5.74) is 3.51. The molecule has 1 saturated heterocycles. The minimum atomic E-state index is -1.05. The number of Topliss-reactive ketones (excluding diaryl/α,β-unsaturated/α-hetero) is 2. The Morgan fingerprint density at radius 1 is 0.733 bits per heavy atom. The maximum atomic E-state index is 13.8. The molecule has 3 aliphatic rings. The van der Waals surface area contributed by atoms with Gasteiger partial charge in [0.15, 0.2) is 11.6 Å². The lowest BCUT2D eigenvalue weighted by Crippen LogP contribution is -2.66. The molecular weight excluding hydrogens is 372 g/mol. The van der Waals surface area contributed by atoms with E-state index in [4.69, 9.17) is 0 Å². The number of carbonyl (C=O) groups excluding carboxylic acids is 2. The number of hydrogen-bond acceptors (Lipinski definition) is 4. The number of piperazine rings is 1. The fourth-order valence-corrected chi connectivity index (χ4v) is 5.65. The molecule has 0 N–H and O–H groups in total. The Morgan fingerprint density at radius 3 is 2.10 bits per heavy atom. The summed E-state index contributed by atoms with van der Waals surface area (Å²) < 4.78 is 0. The van der Waals surface area contributed by atoms with Gasteiger partial charge in [0, 0.05) is 42.1 Å². The molecule has 1 aliphatic carbocycles. The second-order valence-corrected chi connectivity index (χ2v) is 8.47. The van der Waals surface area contributed by atoms with Crippen LogP contribution >= 0.6 is 0 Å². The van der Waals surface area contributed by atoms with Gasteiger partial charge in [-0.1, -0.05) is 60.7 Å². The molecular formula is C26H22N2O2. The number of benzene rings is 3. The fourth-order valence-electron chi connectivity index (χ4n) is 5.65. The molecule has 148 valence electrons. The lowest BCUT2D eigenvalue weighted by Gasteiger charge is -2.53. The van der Waals surface area contributed by atoms with E-state index in [1.165, 1.54) is 0 Å². The molecule has 0 radical (unpaired) electrons. The normalized spacial score (nSPS) is 21.4. The van der Waals surface area contributed by atoms with E-state index in [1.54, 1.807) is 0 Å². The van der Waals surface area contributed by atoms with Crippen LogP contribution in [0.3, 0.4) is 0 Å². The maximum Gasteiger partial charge on any atom is 0.180 e. The highest BCUT2D eigenvalue weighted by Crippen LogP contribution is 2.50. The topological polar surface area (TPSA) is 40.6 Å². The van der Waals surface area contributed by atoms with Gasteiger partial charge in [0.2, 0.25) is 0 Å². The van der Waals surface area contributed by atoms with Crippen molar-refractivity contribution in [2.45, 2.75) is 12.5 Å². The maximum absolute atomic E-state index is 13.8. The SMILES string of the molecule is O=C1c2ccccc2C(=O)C12Cc1ccccc1N1CCN(c3ccccc3)C[C@@H]12. The predicted molar refractivity (Wildman–Crippen MR) is 117 cm³/mol. The Balaban J connectivity index is 1.51. The van der Waals surface area contributed by atoms with E-state index in [0.29, 0.717) is 24.1 Å². The Labute approximate surface area is 175 Å². The highest BCUT2D eigenvalue weighted by atomic mass is 16.2. The second-order valence-electron chi connectivity index (χ2n) is 8.47. The molecule has 3 aromatic carbocycles. The van der Waals surface area contributed by atoms with E-state index in [-0.39, 0.29) is 17.6 Å². The van der Waals surface area contributed by atoms with Gasteiger partial charge in [-0.05, 0) is 30.2 Å². The van der Waals surface area contributed by atoms with Gasteiger partial charge in [-0.2, -0.15) is 0 Å². The first-order chi connectivity index (χ1) is 14.7. The van der Waals surface area contributed by atoms with E-state index >= 15 is 0 Å². The number of fused-ring (bicyclic) bond motifs is 5. The number of nitrogens with zero attached hydrogens (tertiary/aromatic N) is 2. The van der Waals surface area contributed by atoms with Crippen LogP contribution in [0.15, 0.2) is 78.9 Å². The highest BCUT2D eigenvalue weighted by molar-refractivity contribution is 6.30. The van der Waals surface area contributed by atoms with Gasteiger partial charge in [0.25, 0.3) is 0 Å². The van der Waals surface area contributed by atoms with Crippen molar-refractivity contribution >= 4 is 22.9 Å². The molecule has 30 heavy (non-hydrogen) atoms. The number of hydrogen-bond donors (Lipinski definition) is 0. The molecule has 4 nitrogen and oxygen atoms in total. The van der Waals surface area contributed by atoms with E-state index in [1.807, 2.05) is 54.6 Å². The first kappa shape index (κ1) is 17.5. The molecule has 3 aromatic rings. The third-order valence-corrected chi connectivity index (χ3v) is 7.07. The number of carbonyl (C=O) groups is 2. The van der Waals surface area contributed by atoms with Crippen LogP contribution in [0.25, 0.3) is 0 Å². The summed E-state index contributed by atoms with van der Waals surface area (Å²) in [5.74, 6) is -0.0231. The molecule has 0 amide bonds. The molecule has 6 rings (SSSR count). The Bertz CT molecular complexity index is 1140. The number of anilines is 2. The van der Waals surface area contributed by atoms with E-state index in [2.05, 4.69) is 34.1 Å². The van der Waals surface area contributed by atoms with Gasteiger partial charge in [-0.15, -0.1) is 0 Å².